The van der Waals surface area contributed by atoms with Crippen molar-refractivity contribution in [3.63, 3.8) is 0 Å². The van der Waals surface area contributed by atoms with Crippen LogP contribution in [-0.2, 0) is 9.59 Å². The number of aliphatic hydroxyl groups is 1. The van der Waals surface area contributed by atoms with Crippen molar-refractivity contribution < 1.29 is 19.8 Å². The first-order valence-electron chi connectivity index (χ1n) is 10.3. The molecule has 0 fully saturated rings. The Morgan fingerprint density at radius 3 is 2.19 bits per heavy atom. The van der Waals surface area contributed by atoms with Gasteiger partial charge in [-0.05, 0) is 59.3 Å². The highest BCUT2D eigenvalue weighted by atomic mass is 16.4. The molecule has 1 atom stereocenters. The first-order valence-corrected chi connectivity index (χ1v) is 10.3. The molecule has 152 valence electrons. The van der Waals surface area contributed by atoms with Crippen LogP contribution in [0.4, 0.5) is 0 Å². The predicted octanol–water partition coefficient (Wildman–Crippen LogP) is 5.67. The Kier molecular flexibility index (Phi) is 14.3. The highest BCUT2D eigenvalue weighted by Crippen LogP contribution is 2.24. The van der Waals surface area contributed by atoms with Crippen LogP contribution >= 0.6 is 0 Å². The number of Topliss-reactive ketones (excluding diaryl/α,β-unsaturated/α-hetero) is 1. The molecule has 4 heteroatoms. The Labute approximate surface area is 160 Å². The summed E-state index contributed by atoms with van der Waals surface area (Å²) in [6.07, 6.45) is 16.4. The lowest BCUT2D eigenvalue weighted by atomic mass is 9.87. The summed E-state index contributed by atoms with van der Waals surface area (Å²) >= 11 is 0. The summed E-state index contributed by atoms with van der Waals surface area (Å²) in [5.41, 5.74) is -0.608. The van der Waals surface area contributed by atoms with Gasteiger partial charge in [0.15, 0.2) is 0 Å². The summed E-state index contributed by atoms with van der Waals surface area (Å²) in [5.74, 6) is -0.450. The normalized spacial score (nSPS) is 13.2. The zero-order chi connectivity index (χ0) is 19.8. The maximum atomic E-state index is 11.0. The van der Waals surface area contributed by atoms with Crippen molar-refractivity contribution in [3.8, 4) is 0 Å². The van der Waals surface area contributed by atoms with Crippen LogP contribution in [0, 0.1) is 5.41 Å². The number of hydrogen-bond donors (Lipinski definition) is 2. The van der Waals surface area contributed by atoms with Gasteiger partial charge in [-0.15, -0.1) is 0 Å². The molecule has 0 unspecified atom stereocenters. The Morgan fingerprint density at radius 2 is 1.54 bits per heavy atom. The highest BCUT2D eigenvalue weighted by Gasteiger charge is 2.25. The lowest BCUT2D eigenvalue weighted by Gasteiger charge is -2.18. The smallest absolute Gasteiger partial charge is 0.309 e. The minimum Gasteiger partial charge on any atom is -0.481 e. The quantitative estimate of drug-likeness (QED) is 0.256. The molecule has 4 nitrogen and oxygen atoms in total. The van der Waals surface area contributed by atoms with E-state index < -0.39 is 11.4 Å². The number of carboxylic acid groups (broad SMARTS) is 1. The number of rotatable bonds is 17. The summed E-state index contributed by atoms with van der Waals surface area (Å²) in [6.45, 7) is 5.21. The summed E-state index contributed by atoms with van der Waals surface area (Å²) in [5, 5.41) is 19.0. The monoisotopic (exact) mass is 368 g/mol. The predicted molar refractivity (Wildman–Crippen MR) is 107 cm³/mol. The third-order valence-corrected chi connectivity index (χ3v) is 4.89. The summed E-state index contributed by atoms with van der Waals surface area (Å²) in [6, 6.07) is 0. The zero-order valence-corrected chi connectivity index (χ0v) is 17.1. The summed E-state index contributed by atoms with van der Waals surface area (Å²) in [7, 11) is 0. The number of hydrogen-bond acceptors (Lipinski definition) is 3. The summed E-state index contributed by atoms with van der Waals surface area (Å²) in [4.78, 5) is 21.8. The van der Waals surface area contributed by atoms with Gasteiger partial charge in [-0.1, -0.05) is 50.7 Å². The lowest BCUT2D eigenvalue weighted by molar-refractivity contribution is -0.147. The number of carboxylic acids is 1. The van der Waals surface area contributed by atoms with Gasteiger partial charge >= 0.3 is 5.97 Å². The minimum absolute atomic E-state index is 0.252. The molecule has 0 aliphatic rings. The van der Waals surface area contributed by atoms with Gasteiger partial charge in [0.25, 0.3) is 0 Å². The lowest BCUT2D eigenvalue weighted by Crippen LogP contribution is -2.23. The number of unbranched alkanes of at least 4 members (excludes halogenated alkanes) is 7. The molecular formula is C22H40O4. The maximum absolute atomic E-state index is 11.0. The fourth-order valence-corrected chi connectivity index (χ4v) is 2.89. The number of ketones is 1. The number of aliphatic carboxylic acids is 1. The van der Waals surface area contributed by atoms with Gasteiger partial charge in [0.2, 0.25) is 0 Å². The number of allylic oxidation sites excluding steroid dienone is 1. The molecule has 0 spiro atoms. The first kappa shape index (κ1) is 24.8. The Bertz CT molecular complexity index is 412. The SMILES string of the molecule is CC(=O)CCCCCC[C@@H](O)CC=CCCCCCCC(C)(C)C(=O)O. The molecule has 0 rings (SSSR count). The molecule has 0 aromatic carbocycles. The molecule has 0 bridgehead atoms. The van der Waals surface area contributed by atoms with Crippen LogP contribution in [0.1, 0.15) is 104 Å². The number of carbonyl (C=O) groups is 2. The van der Waals surface area contributed by atoms with Crippen molar-refractivity contribution >= 4 is 11.8 Å². The van der Waals surface area contributed by atoms with Crippen molar-refractivity contribution in [1.29, 1.82) is 0 Å². The van der Waals surface area contributed by atoms with E-state index in [0.29, 0.717) is 6.42 Å². The van der Waals surface area contributed by atoms with E-state index in [1.807, 2.05) is 0 Å². The molecule has 0 saturated heterocycles. The van der Waals surface area contributed by atoms with E-state index in [1.165, 1.54) is 0 Å². The van der Waals surface area contributed by atoms with Gasteiger partial charge in [-0.3, -0.25) is 4.79 Å². The third-order valence-electron chi connectivity index (χ3n) is 4.89. The van der Waals surface area contributed by atoms with Crippen LogP contribution in [0.3, 0.4) is 0 Å². The zero-order valence-electron chi connectivity index (χ0n) is 17.1. The Morgan fingerprint density at radius 1 is 0.923 bits per heavy atom. The average Bonchev–Trinajstić information content (AvgIpc) is 2.56. The minimum atomic E-state index is -0.713. The number of aliphatic hydroxyl groups excluding tert-OH is 1. The van der Waals surface area contributed by atoms with E-state index >= 15 is 0 Å². The second kappa shape index (κ2) is 15.0. The fourth-order valence-electron chi connectivity index (χ4n) is 2.89. The van der Waals surface area contributed by atoms with Gasteiger partial charge in [0.05, 0.1) is 11.5 Å². The van der Waals surface area contributed by atoms with Crippen molar-refractivity contribution in [2.75, 3.05) is 0 Å². The second-order valence-corrected chi connectivity index (χ2v) is 8.16. The van der Waals surface area contributed by atoms with E-state index in [-0.39, 0.29) is 11.9 Å². The summed E-state index contributed by atoms with van der Waals surface area (Å²) < 4.78 is 0. The van der Waals surface area contributed by atoms with Crippen LogP contribution in [-0.4, -0.2) is 28.1 Å². The van der Waals surface area contributed by atoms with Crippen molar-refractivity contribution in [2.45, 2.75) is 110 Å². The molecule has 0 aromatic rings. The van der Waals surface area contributed by atoms with Crippen molar-refractivity contribution in [2.24, 2.45) is 5.41 Å². The molecule has 0 amide bonds. The van der Waals surface area contributed by atoms with Crippen LogP contribution < -0.4 is 0 Å². The van der Waals surface area contributed by atoms with Gasteiger partial charge in [0, 0.05) is 6.42 Å². The van der Waals surface area contributed by atoms with E-state index in [9.17, 15) is 14.7 Å². The largest absolute Gasteiger partial charge is 0.481 e. The Hall–Kier alpha value is -1.16. The second-order valence-electron chi connectivity index (χ2n) is 8.16. The van der Waals surface area contributed by atoms with E-state index in [2.05, 4.69) is 12.2 Å². The molecule has 0 heterocycles. The molecule has 2 N–H and O–H groups in total. The molecule has 0 radical (unpaired) electrons. The molecule has 26 heavy (non-hydrogen) atoms. The van der Waals surface area contributed by atoms with E-state index in [0.717, 1.165) is 77.0 Å². The average molecular weight is 369 g/mol. The van der Waals surface area contributed by atoms with Crippen molar-refractivity contribution in [1.82, 2.24) is 0 Å². The van der Waals surface area contributed by atoms with Crippen LogP contribution in [0.5, 0.6) is 0 Å². The molecule has 0 aliphatic carbocycles. The van der Waals surface area contributed by atoms with Crippen LogP contribution in [0.25, 0.3) is 0 Å². The van der Waals surface area contributed by atoms with Crippen molar-refractivity contribution in [3.05, 3.63) is 12.2 Å². The molecular weight excluding hydrogens is 328 g/mol. The van der Waals surface area contributed by atoms with Gasteiger partial charge in [-0.2, -0.15) is 0 Å². The maximum Gasteiger partial charge on any atom is 0.309 e. The topological polar surface area (TPSA) is 74.6 Å². The molecule has 0 aliphatic heterocycles. The van der Waals surface area contributed by atoms with E-state index in [1.54, 1.807) is 20.8 Å². The van der Waals surface area contributed by atoms with Crippen LogP contribution in [0.15, 0.2) is 12.2 Å². The van der Waals surface area contributed by atoms with Gasteiger partial charge in [-0.25, -0.2) is 0 Å². The molecule has 0 aromatic heterocycles. The van der Waals surface area contributed by atoms with Gasteiger partial charge < -0.3 is 15.0 Å². The Balaban J connectivity index is 3.46. The first-order chi connectivity index (χ1) is 12.3. The van der Waals surface area contributed by atoms with Gasteiger partial charge in [0.1, 0.15) is 5.78 Å². The third kappa shape index (κ3) is 15.1. The standard InChI is InChI=1S/C22H40O4/c1-19(23)15-11-8-9-13-17-20(24)16-12-7-5-4-6-10-14-18-22(2,3)21(25)26/h7,12,20,24H,4-6,8-11,13-18H2,1-3H3,(H,25,26)/t20-/m0/s1. The highest BCUT2D eigenvalue weighted by molar-refractivity contribution is 5.75. The number of carbonyl (C=O) groups excluding carboxylic acids is 1. The fraction of sp³-hybridized carbons (Fsp3) is 0.818. The van der Waals surface area contributed by atoms with Crippen LogP contribution in [0.2, 0.25) is 0 Å². The molecule has 0 saturated carbocycles. The van der Waals surface area contributed by atoms with E-state index in [4.69, 9.17) is 5.11 Å².